The van der Waals surface area contributed by atoms with Crippen molar-refractivity contribution in [2.75, 3.05) is 6.54 Å². The number of hydrogen-bond donors (Lipinski definition) is 0. The summed E-state index contributed by atoms with van der Waals surface area (Å²) in [5.41, 5.74) is 0.355. The molecule has 1 aliphatic carbocycles. The molecule has 1 saturated carbocycles. The van der Waals surface area contributed by atoms with Crippen LogP contribution in [0.25, 0.3) is 0 Å². The highest BCUT2D eigenvalue weighted by Gasteiger charge is 2.34. The summed E-state index contributed by atoms with van der Waals surface area (Å²) in [6.07, 6.45) is 5.82. The molecule has 1 aromatic heterocycles. The Bertz CT molecular complexity index is 486. The summed E-state index contributed by atoms with van der Waals surface area (Å²) in [5.74, 6) is 0.808. The Balaban J connectivity index is 2.23. The zero-order valence-corrected chi connectivity index (χ0v) is 13.2. The van der Waals surface area contributed by atoms with Crippen molar-refractivity contribution in [1.29, 1.82) is 0 Å². The molecule has 0 bridgehead atoms. The van der Waals surface area contributed by atoms with E-state index >= 15 is 0 Å². The highest BCUT2D eigenvalue weighted by molar-refractivity contribution is 6.33. The molecule has 0 aliphatic heterocycles. The average Bonchev–Trinajstić information content (AvgIpc) is 3.23. The van der Waals surface area contributed by atoms with Gasteiger partial charge in [0.15, 0.2) is 5.69 Å². The van der Waals surface area contributed by atoms with Crippen molar-refractivity contribution in [3.05, 3.63) is 22.7 Å². The van der Waals surface area contributed by atoms with Gasteiger partial charge in [0, 0.05) is 18.5 Å². The molecule has 1 amide bonds. The van der Waals surface area contributed by atoms with Crippen LogP contribution in [0.15, 0.2) is 6.20 Å². The molecule has 2 rings (SSSR count). The third-order valence-corrected chi connectivity index (χ3v) is 3.76. The molecule has 110 valence electrons. The SMILES string of the molecule is CCCCN(C(=O)c1nc(C(C)C)ncc1Cl)C1CC1. The Morgan fingerprint density at radius 1 is 1.50 bits per heavy atom. The van der Waals surface area contributed by atoms with Crippen molar-refractivity contribution in [1.82, 2.24) is 14.9 Å². The molecule has 0 unspecified atom stereocenters. The number of halogens is 1. The number of carbonyl (C=O) groups excluding carboxylic acids is 1. The lowest BCUT2D eigenvalue weighted by molar-refractivity contribution is 0.0734. The van der Waals surface area contributed by atoms with Gasteiger partial charge in [-0.05, 0) is 19.3 Å². The quantitative estimate of drug-likeness (QED) is 0.804. The minimum absolute atomic E-state index is 0.0461. The van der Waals surface area contributed by atoms with Gasteiger partial charge in [0.05, 0.1) is 11.2 Å². The second-order valence-electron chi connectivity index (χ2n) is 5.66. The van der Waals surface area contributed by atoms with Crippen molar-refractivity contribution in [3.63, 3.8) is 0 Å². The van der Waals surface area contributed by atoms with E-state index in [1.165, 1.54) is 0 Å². The first kappa shape index (κ1) is 15.2. The summed E-state index contributed by atoms with van der Waals surface area (Å²) in [5, 5.41) is 0.349. The highest BCUT2D eigenvalue weighted by atomic mass is 35.5. The third kappa shape index (κ3) is 3.48. The lowest BCUT2D eigenvalue weighted by atomic mass is 10.2. The number of aromatic nitrogens is 2. The molecule has 20 heavy (non-hydrogen) atoms. The van der Waals surface area contributed by atoms with Crippen LogP contribution in [0.3, 0.4) is 0 Å². The van der Waals surface area contributed by atoms with Crippen LogP contribution < -0.4 is 0 Å². The van der Waals surface area contributed by atoms with E-state index in [1.54, 1.807) is 6.20 Å². The zero-order chi connectivity index (χ0) is 14.7. The molecule has 0 saturated heterocycles. The number of amides is 1. The molecule has 0 atom stereocenters. The summed E-state index contributed by atoms with van der Waals surface area (Å²) in [6, 6.07) is 0.377. The molecule has 1 fully saturated rings. The molecule has 0 aromatic carbocycles. The van der Waals surface area contributed by atoms with Crippen LogP contribution in [0, 0.1) is 0 Å². The fourth-order valence-electron chi connectivity index (χ4n) is 2.11. The molecular formula is C15H22ClN3O. The monoisotopic (exact) mass is 295 g/mol. The molecule has 0 N–H and O–H groups in total. The first-order chi connectivity index (χ1) is 9.54. The number of rotatable bonds is 6. The van der Waals surface area contributed by atoms with Crippen LogP contribution in [0.2, 0.25) is 5.02 Å². The van der Waals surface area contributed by atoms with Crippen molar-refractivity contribution < 1.29 is 4.79 Å². The van der Waals surface area contributed by atoms with E-state index < -0.39 is 0 Å². The van der Waals surface area contributed by atoms with Gasteiger partial charge in [-0.15, -0.1) is 0 Å². The fourth-order valence-corrected chi connectivity index (χ4v) is 2.28. The van der Waals surface area contributed by atoms with Crippen molar-refractivity contribution in [2.24, 2.45) is 0 Å². The van der Waals surface area contributed by atoms with Gasteiger partial charge in [-0.25, -0.2) is 9.97 Å². The molecule has 0 radical (unpaired) electrons. The Morgan fingerprint density at radius 3 is 2.75 bits per heavy atom. The Labute approximate surface area is 125 Å². The molecule has 0 spiro atoms. The minimum Gasteiger partial charge on any atom is -0.334 e. The minimum atomic E-state index is -0.0461. The smallest absolute Gasteiger partial charge is 0.274 e. The van der Waals surface area contributed by atoms with E-state index in [1.807, 2.05) is 18.7 Å². The summed E-state index contributed by atoms with van der Waals surface area (Å²) >= 11 is 6.13. The third-order valence-electron chi connectivity index (χ3n) is 3.48. The molecule has 1 aromatic rings. The normalized spacial score (nSPS) is 14.7. The summed E-state index contributed by atoms with van der Waals surface area (Å²) in [6.45, 7) is 6.93. The lowest BCUT2D eigenvalue weighted by Gasteiger charge is -2.22. The topological polar surface area (TPSA) is 46.1 Å². The van der Waals surface area contributed by atoms with E-state index in [0.717, 1.165) is 32.2 Å². The maximum atomic E-state index is 12.7. The van der Waals surface area contributed by atoms with Gasteiger partial charge >= 0.3 is 0 Å². The predicted molar refractivity (Wildman–Crippen MR) is 80.1 cm³/mol. The largest absolute Gasteiger partial charge is 0.334 e. The zero-order valence-electron chi connectivity index (χ0n) is 12.4. The van der Waals surface area contributed by atoms with Gasteiger partial charge in [-0.2, -0.15) is 0 Å². The van der Waals surface area contributed by atoms with Crippen LogP contribution in [0.4, 0.5) is 0 Å². The van der Waals surface area contributed by atoms with E-state index in [4.69, 9.17) is 11.6 Å². The first-order valence-electron chi connectivity index (χ1n) is 7.38. The fraction of sp³-hybridized carbons (Fsp3) is 0.667. The molecule has 1 heterocycles. The van der Waals surface area contributed by atoms with Gasteiger partial charge in [-0.3, -0.25) is 4.79 Å². The van der Waals surface area contributed by atoms with Gasteiger partial charge in [0.25, 0.3) is 5.91 Å². The van der Waals surface area contributed by atoms with Gasteiger partial charge < -0.3 is 4.90 Å². The maximum Gasteiger partial charge on any atom is 0.274 e. The maximum absolute atomic E-state index is 12.7. The summed E-state index contributed by atoms with van der Waals surface area (Å²) < 4.78 is 0. The van der Waals surface area contributed by atoms with E-state index in [2.05, 4.69) is 16.9 Å². The van der Waals surface area contributed by atoms with Gasteiger partial charge in [0.1, 0.15) is 5.82 Å². The Kier molecular flexibility index (Phi) is 4.97. The molecular weight excluding hydrogens is 274 g/mol. The van der Waals surface area contributed by atoms with Crippen LogP contribution >= 0.6 is 11.6 Å². The average molecular weight is 296 g/mol. The van der Waals surface area contributed by atoms with Gasteiger partial charge in [-0.1, -0.05) is 38.8 Å². The van der Waals surface area contributed by atoms with Crippen LogP contribution in [0.5, 0.6) is 0 Å². The van der Waals surface area contributed by atoms with Crippen LogP contribution in [-0.2, 0) is 0 Å². The number of unbranched alkanes of at least 4 members (excludes halogenated alkanes) is 1. The lowest BCUT2D eigenvalue weighted by Crippen LogP contribution is -2.35. The van der Waals surface area contributed by atoms with E-state index in [0.29, 0.717) is 22.6 Å². The van der Waals surface area contributed by atoms with Crippen LogP contribution in [-0.4, -0.2) is 33.4 Å². The second-order valence-corrected chi connectivity index (χ2v) is 6.07. The molecule has 5 heteroatoms. The standard InChI is InChI=1S/C15H22ClN3O/c1-4-5-8-19(11-6-7-11)15(20)13-12(16)9-17-14(18-13)10(2)3/h9-11H,4-8H2,1-3H3. The highest BCUT2D eigenvalue weighted by Crippen LogP contribution is 2.29. The van der Waals surface area contributed by atoms with Gasteiger partial charge in [0.2, 0.25) is 0 Å². The molecule has 1 aliphatic rings. The second kappa shape index (κ2) is 6.53. The summed E-state index contributed by atoms with van der Waals surface area (Å²) in [7, 11) is 0. The number of hydrogen-bond acceptors (Lipinski definition) is 3. The predicted octanol–water partition coefficient (Wildman–Crippen LogP) is 3.66. The van der Waals surface area contributed by atoms with E-state index in [9.17, 15) is 4.79 Å². The Morgan fingerprint density at radius 2 is 2.20 bits per heavy atom. The van der Waals surface area contributed by atoms with Crippen LogP contribution in [0.1, 0.15) is 68.7 Å². The molecule has 4 nitrogen and oxygen atoms in total. The Hall–Kier alpha value is -1.16. The van der Waals surface area contributed by atoms with Crippen molar-refractivity contribution in [2.45, 2.75) is 58.4 Å². The van der Waals surface area contributed by atoms with Crippen molar-refractivity contribution >= 4 is 17.5 Å². The van der Waals surface area contributed by atoms with E-state index in [-0.39, 0.29) is 11.8 Å². The first-order valence-corrected chi connectivity index (χ1v) is 7.75. The number of carbonyl (C=O) groups is 1. The van der Waals surface area contributed by atoms with Crippen molar-refractivity contribution in [3.8, 4) is 0 Å². The number of nitrogens with zero attached hydrogens (tertiary/aromatic N) is 3. The summed E-state index contributed by atoms with van der Waals surface area (Å²) in [4.78, 5) is 23.2.